The highest BCUT2D eigenvalue weighted by Crippen LogP contribution is 2.38. The van der Waals surface area contributed by atoms with E-state index < -0.39 is 5.97 Å². The van der Waals surface area contributed by atoms with E-state index in [0.717, 1.165) is 5.56 Å². The number of para-hydroxylation sites is 1. The first kappa shape index (κ1) is 15.6. The van der Waals surface area contributed by atoms with Gasteiger partial charge in [0.25, 0.3) is 0 Å². The average molecular weight is 325 g/mol. The van der Waals surface area contributed by atoms with Crippen molar-refractivity contribution in [2.45, 2.75) is 6.61 Å². The van der Waals surface area contributed by atoms with Crippen LogP contribution in [0.2, 0.25) is 0 Å². The fourth-order valence-electron chi connectivity index (χ4n) is 2.25. The summed E-state index contributed by atoms with van der Waals surface area (Å²) in [5.74, 6) is 0.141. The van der Waals surface area contributed by atoms with Gasteiger partial charge in [0, 0.05) is 6.07 Å². The molecular weight excluding hydrogens is 310 g/mol. The van der Waals surface area contributed by atoms with Crippen molar-refractivity contribution in [3.05, 3.63) is 65.9 Å². The molecule has 3 rings (SSSR count). The van der Waals surface area contributed by atoms with E-state index in [4.69, 9.17) is 19.1 Å². The summed E-state index contributed by atoms with van der Waals surface area (Å²) in [4.78, 5) is 11.0. The maximum absolute atomic E-state index is 11.0. The molecule has 1 N–H and O–H groups in total. The van der Waals surface area contributed by atoms with E-state index in [1.165, 1.54) is 13.2 Å². The first-order chi connectivity index (χ1) is 11.7. The van der Waals surface area contributed by atoms with Crippen LogP contribution in [0, 0.1) is 0 Å². The zero-order valence-corrected chi connectivity index (χ0v) is 12.9. The first-order valence-electron chi connectivity index (χ1n) is 7.23. The Morgan fingerprint density at radius 1 is 1.17 bits per heavy atom. The lowest BCUT2D eigenvalue weighted by atomic mass is 10.1. The largest absolute Gasteiger partial charge is 0.493 e. The normalized spacial score (nSPS) is 10.4. The molecule has 2 aromatic carbocycles. The number of carboxylic acid groups (broad SMARTS) is 1. The van der Waals surface area contributed by atoms with Crippen molar-refractivity contribution in [3.63, 3.8) is 0 Å². The van der Waals surface area contributed by atoms with E-state index in [1.54, 1.807) is 18.2 Å². The van der Waals surface area contributed by atoms with Gasteiger partial charge in [-0.15, -0.1) is 0 Å². The van der Waals surface area contributed by atoms with Crippen molar-refractivity contribution >= 4 is 5.97 Å². The Morgan fingerprint density at radius 2 is 1.96 bits per heavy atom. The minimum atomic E-state index is -1.15. The monoisotopic (exact) mass is 325 g/mol. The van der Waals surface area contributed by atoms with Gasteiger partial charge in [-0.05, 0) is 17.7 Å². The zero-order chi connectivity index (χ0) is 16.9. The highest BCUT2D eigenvalue weighted by atomic mass is 16.5. The van der Waals surface area contributed by atoms with Crippen LogP contribution < -0.4 is 9.47 Å². The van der Waals surface area contributed by atoms with Gasteiger partial charge < -0.3 is 19.1 Å². The second-order valence-electron chi connectivity index (χ2n) is 4.99. The van der Waals surface area contributed by atoms with E-state index in [2.05, 4.69) is 5.16 Å². The van der Waals surface area contributed by atoms with Gasteiger partial charge >= 0.3 is 5.97 Å². The third-order valence-electron chi connectivity index (χ3n) is 3.42. The second kappa shape index (κ2) is 6.87. The van der Waals surface area contributed by atoms with Crippen LogP contribution >= 0.6 is 0 Å². The summed E-state index contributed by atoms with van der Waals surface area (Å²) in [7, 11) is 1.54. The smallest absolute Gasteiger partial charge is 0.358 e. The van der Waals surface area contributed by atoms with Crippen LogP contribution in [-0.2, 0) is 6.61 Å². The summed E-state index contributed by atoms with van der Waals surface area (Å²) in [6.07, 6.45) is 0. The lowest BCUT2D eigenvalue weighted by Crippen LogP contribution is -1.99. The summed E-state index contributed by atoms with van der Waals surface area (Å²) < 4.78 is 16.4. The molecule has 0 bridgehead atoms. The number of carboxylic acids is 1. The Hall–Kier alpha value is -3.28. The van der Waals surface area contributed by atoms with Gasteiger partial charge in [-0.3, -0.25) is 0 Å². The number of hydrogen-bond donors (Lipinski definition) is 1. The Kier molecular flexibility index (Phi) is 4.47. The van der Waals surface area contributed by atoms with Crippen LogP contribution in [0.15, 0.2) is 59.1 Å². The molecule has 6 nitrogen and oxygen atoms in total. The minimum absolute atomic E-state index is 0.165. The van der Waals surface area contributed by atoms with Crippen molar-refractivity contribution in [2.75, 3.05) is 7.11 Å². The summed E-state index contributed by atoms with van der Waals surface area (Å²) in [5.41, 5.74) is 1.41. The molecule has 0 aliphatic carbocycles. The van der Waals surface area contributed by atoms with Crippen LogP contribution in [-0.4, -0.2) is 23.3 Å². The first-order valence-corrected chi connectivity index (χ1v) is 7.23. The molecule has 24 heavy (non-hydrogen) atoms. The zero-order valence-electron chi connectivity index (χ0n) is 12.9. The number of aromatic nitrogens is 1. The standard InChI is InChI=1S/C18H15NO5/c1-22-15-9-5-8-13(16-10-14(18(20)21)19-24-16)17(15)23-11-12-6-3-2-4-7-12/h2-10H,11H2,1H3,(H,20,21). The Labute approximate surface area is 138 Å². The summed E-state index contributed by atoms with van der Waals surface area (Å²) in [5, 5.41) is 12.5. The number of ether oxygens (including phenoxy) is 2. The quantitative estimate of drug-likeness (QED) is 0.745. The van der Waals surface area contributed by atoms with Crippen molar-refractivity contribution < 1.29 is 23.9 Å². The van der Waals surface area contributed by atoms with Gasteiger partial charge in [-0.1, -0.05) is 41.6 Å². The number of rotatable bonds is 6. The topological polar surface area (TPSA) is 81.8 Å². The molecule has 0 spiro atoms. The lowest BCUT2D eigenvalue weighted by Gasteiger charge is -2.13. The molecule has 0 amide bonds. The van der Waals surface area contributed by atoms with E-state index in [0.29, 0.717) is 29.4 Å². The third-order valence-corrected chi connectivity index (χ3v) is 3.42. The molecular formula is C18H15NO5. The van der Waals surface area contributed by atoms with Crippen LogP contribution in [0.1, 0.15) is 16.1 Å². The van der Waals surface area contributed by atoms with Crippen LogP contribution in [0.4, 0.5) is 0 Å². The Balaban J connectivity index is 1.95. The number of carbonyl (C=O) groups is 1. The SMILES string of the molecule is COc1cccc(-c2cc(C(=O)O)no2)c1OCc1ccccc1. The molecule has 122 valence electrons. The Bertz CT molecular complexity index is 842. The molecule has 0 aliphatic rings. The average Bonchev–Trinajstić information content (AvgIpc) is 3.10. The number of methoxy groups -OCH3 is 1. The summed E-state index contributed by atoms with van der Waals surface area (Å²) >= 11 is 0. The van der Waals surface area contributed by atoms with Crippen molar-refractivity contribution in [1.82, 2.24) is 5.16 Å². The van der Waals surface area contributed by atoms with Gasteiger partial charge in [0.05, 0.1) is 12.7 Å². The van der Waals surface area contributed by atoms with Gasteiger partial charge in [0.2, 0.25) is 0 Å². The molecule has 0 fully saturated rings. The number of aromatic carboxylic acids is 1. The fraction of sp³-hybridized carbons (Fsp3) is 0.111. The van der Waals surface area contributed by atoms with E-state index in [9.17, 15) is 4.79 Å². The van der Waals surface area contributed by atoms with Gasteiger partial charge in [-0.25, -0.2) is 4.79 Å². The number of nitrogens with zero attached hydrogens (tertiary/aromatic N) is 1. The molecule has 0 unspecified atom stereocenters. The highest BCUT2D eigenvalue weighted by Gasteiger charge is 2.18. The molecule has 3 aromatic rings. The number of hydrogen-bond acceptors (Lipinski definition) is 5. The van der Waals surface area contributed by atoms with E-state index in [1.807, 2.05) is 30.3 Å². The second-order valence-corrected chi connectivity index (χ2v) is 4.99. The predicted molar refractivity (Wildman–Crippen MR) is 86.2 cm³/mol. The van der Waals surface area contributed by atoms with E-state index >= 15 is 0 Å². The Morgan fingerprint density at radius 3 is 2.62 bits per heavy atom. The molecule has 1 aromatic heterocycles. The molecule has 0 aliphatic heterocycles. The molecule has 0 radical (unpaired) electrons. The summed E-state index contributed by atoms with van der Waals surface area (Å²) in [6, 6.07) is 16.3. The van der Waals surface area contributed by atoms with Crippen molar-refractivity contribution in [2.24, 2.45) is 0 Å². The van der Waals surface area contributed by atoms with Crippen molar-refractivity contribution in [1.29, 1.82) is 0 Å². The van der Waals surface area contributed by atoms with Gasteiger partial charge in [0.1, 0.15) is 6.61 Å². The minimum Gasteiger partial charge on any atom is -0.493 e. The van der Waals surface area contributed by atoms with Crippen LogP contribution in [0.5, 0.6) is 11.5 Å². The van der Waals surface area contributed by atoms with Gasteiger partial charge in [-0.2, -0.15) is 0 Å². The molecule has 0 saturated carbocycles. The van der Waals surface area contributed by atoms with E-state index in [-0.39, 0.29) is 5.69 Å². The van der Waals surface area contributed by atoms with Gasteiger partial charge in [0.15, 0.2) is 23.0 Å². The molecule has 6 heteroatoms. The highest BCUT2D eigenvalue weighted by molar-refractivity contribution is 5.87. The molecule has 1 heterocycles. The van der Waals surface area contributed by atoms with Crippen molar-refractivity contribution in [3.8, 4) is 22.8 Å². The number of benzene rings is 2. The van der Waals surface area contributed by atoms with Crippen LogP contribution in [0.3, 0.4) is 0 Å². The predicted octanol–water partition coefficient (Wildman–Crippen LogP) is 3.63. The molecule has 0 saturated heterocycles. The maximum atomic E-state index is 11.0. The summed E-state index contributed by atoms with van der Waals surface area (Å²) in [6.45, 7) is 0.341. The lowest BCUT2D eigenvalue weighted by molar-refractivity contribution is 0.0686. The fourth-order valence-corrected chi connectivity index (χ4v) is 2.25. The van der Waals surface area contributed by atoms with Crippen LogP contribution in [0.25, 0.3) is 11.3 Å². The maximum Gasteiger partial charge on any atom is 0.358 e. The third kappa shape index (κ3) is 3.22. The molecule has 0 atom stereocenters.